The smallest absolute Gasteiger partial charge is 0.264 e. The molecule has 1 aromatic carbocycles. The molecule has 1 atom stereocenters. The zero-order valence-electron chi connectivity index (χ0n) is 16.0. The summed E-state index contributed by atoms with van der Waals surface area (Å²) >= 11 is 0. The molecule has 146 valence electrons. The molecule has 2 aliphatic heterocycles. The van der Waals surface area contributed by atoms with E-state index in [2.05, 4.69) is 26.0 Å². The summed E-state index contributed by atoms with van der Waals surface area (Å²) in [5, 5.41) is 3.40. The molecule has 1 fully saturated rings. The van der Waals surface area contributed by atoms with Crippen LogP contribution in [-0.4, -0.2) is 32.2 Å². The Kier molecular flexibility index (Phi) is 4.27. The molecule has 1 unspecified atom stereocenters. The monoisotopic (exact) mass is 381 g/mol. The molecule has 0 saturated carbocycles. The van der Waals surface area contributed by atoms with Crippen molar-refractivity contribution in [3.05, 3.63) is 57.9 Å². The number of aryl methyl sites for hydroxylation is 2. The Bertz CT molecular complexity index is 1100. The highest BCUT2D eigenvalue weighted by Gasteiger charge is 2.24. The Morgan fingerprint density at radius 1 is 1.21 bits per heavy atom. The Labute approximate surface area is 162 Å². The van der Waals surface area contributed by atoms with Crippen molar-refractivity contribution in [2.24, 2.45) is 0 Å². The minimum atomic E-state index is -0.458. The third-order valence-electron chi connectivity index (χ3n) is 6.15. The SMILES string of the molecule is Cc1cn2c(n1)CCC(c1cc(F)c3c(=O)n(C4CCNCC4)cnc3c1)C2. The summed E-state index contributed by atoms with van der Waals surface area (Å²) in [6.45, 7) is 4.52. The molecular weight excluding hydrogens is 357 g/mol. The van der Waals surface area contributed by atoms with Gasteiger partial charge in [-0.05, 0) is 57.0 Å². The molecule has 0 spiro atoms. The van der Waals surface area contributed by atoms with Crippen molar-refractivity contribution in [2.45, 2.75) is 51.1 Å². The third-order valence-corrected chi connectivity index (χ3v) is 6.15. The maximum Gasteiger partial charge on any atom is 0.264 e. The van der Waals surface area contributed by atoms with Gasteiger partial charge in [-0.15, -0.1) is 0 Å². The van der Waals surface area contributed by atoms with Crippen LogP contribution in [0.15, 0.2) is 29.5 Å². The number of hydrogen-bond acceptors (Lipinski definition) is 4. The lowest BCUT2D eigenvalue weighted by Gasteiger charge is -2.25. The molecule has 28 heavy (non-hydrogen) atoms. The lowest BCUT2D eigenvalue weighted by atomic mass is 9.91. The van der Waals surface area contributed by atoms with E-state index in [1.807, 2.05) is 13.0 Å². The summed E-state index contributed by atoms with van der Waals surface area (Å²) in [6, 6.07) is 3.52. The van der Waals surface area contributed by atoms with Crippen LogP contribution < -0.4 is 10.9 Å². The lowest BCUT2D eigenvalue weighted by molar-refractivity contribution is 0.359. The van der Waals surface area contributed by atoms with Crippen LogP contribution in [0.3, 0.4) is 0 Å². The summed E-state index contributed by atoms with van der Waals surface area (Å²) in [4.78, 5) is 22.0. The summed E-state index contributed by atoms with van der Waals surface area (Å²) in [5.41, 5.74) is 2.11. The molecule has 0 radical (unpaired) electrons. The van der Waals surface area contributed by atoms with Gasteiger partial charge in [-0.2, -0.15) is 0 Å². The predicted molar refractivity (Wildman–Crippen MR) is 105 cm³/mol. The molecule has 4 heterocycles. The van der Waals surface area contributed by atoms with Crippen molar-refractivity contribution in [1.82, 2.24) is 24.4 Å². The van der Waals surface area contributed by atoms with E-state index < -0.39 is 5.82 Å². The number of benzene rings is 1. The van der Waals surface area contributed by atoms with E-state index in [1.54, 1.807) is 10.9 Å². The lowest BCUT2D eigenvalue weighted by Crippen LogP contribution is -2.34. The van der Waals surface area contributed by atoms with Crippen LogP contribution in [0.1, 0.15) is 48.3 Å². The summed E-state index contributed by atoms with van der Waals surface area (Å²) in [5.74, 6) is 0.840. The standard InChI is InChI=1S/C21H24FN5O/c1-13-10-26-11-14(2-3-19(26)25-13)15-8-17(22)20-18(9-15)24-12-27(21(20)28)16-4-6-23-7-5-16/h8-10,12,14,16,23H,2-7,11H2,1H3. The number of aromatic nitrogens is 4. The topological polar surface area (TPSA) is 64.7 Å². The van der Waals surface area contributed by atoms with Gasteiger partial charge in [-0.1, -0.05) is 0 Å². The van der Waals surface area contributed by atoms with Gasteiger partial charge in [0.15, 0.2) is 0 Å². The zero-order chi connectivity index (χ0) is 19.3. The number of halogens is 1. The summed E-state index contributed by atoms with van der Waals surface area (Å²) in [7, 11) is 0. The number of fused-ring (bicyclic) bond motifs is 2. The maximum absolute atomic E-state index is 15.0. The fraction of sp³-hybridized carbons (Fsp3) is 0.476. The number of hydrogen-bond donors (Lipinski definition) is 1. The van der Waals surface area contributed by atoms with E-state index in [1.165, 1.54) is 6.07 Å². The van der Waals surface area contributed by atoms with Gasteiger partial charge >= 0.3 is 0 Å². The first-order valence-corrected chi connectivity index (χ1v) is 10.0. The molecule has 1 saturated heterocycles. The van der Waals surface area contributed by atoms with Crippen LogP contribution in [0.2, 0.25) is 0 Å². The van der Waals surface area contributed by atoms with Gasteiger partial charge in [0.05, 0.1) is 17.5 Å². The van der Waals surface area contributed by atoms with E-state index in [-0.39, 0.29) is 22.9 Å². The highest BCUT2D eigenvalue weighted by Crippen LogP contribution is 2.31. The molecule has 6 nitrogen and oxygen atoms in total. The summed E-state index contributed by atoms with van der Waals surface area (Å²) in [6.07, 6.45) is 7.18. The predicted octanol–water partition coefficient (Wildman–Crippen LogP) is 2.70. The first kappa shape index (κ1) is 17.6. The largest absolute Gasteiger partial charge is 0.334 e. The van der Waals surface area contributed by atoms with Gasteiger partial charge < -0.3 is 9.88 Å². The fourth-order valence-electron chi connectivity index (χ4n) is 4.67. The average Bonchev–Trinajstić information content (AvgIpc) is 3.07. The van der Waals surface area contributed by atoms with E-state index in [0.29, 0.717) is 5.52 Å². The van der Waals surface area contributed by atoms with Gasteiger partial charge in [0, 0.05) is 31.1 Å². The Balaban J connectivity index is 1.52. The molecule has 0 amide bonds. The Morgan fingerprint density at radius 3 is 2.86 bits per heavy atom. The number of nitrogens with one attached hydrogen (secondary N) is 1. The van der Waals surface area contributed by atoms with Crippen LogP contribution in [0, 0.1) is 12.7 Å². The van der Waals surface area contributed by atoms with Crippen LogP contribution >= 0.6 is 0 Å². The highest BCUT2D eigenvalue weighted by atomic mass is 19.1. The number of rotatable bonds is 2. The summed E-state index contributed by atoms with van der Waals surface area (Å²) < 4.78 is 18.8. The van der Waals surface area contributed by atoms with E-state index in [4.69, 9.17) is 0 Å². The van der Waals surface area contributed by atoms with Crippen molar-refractivity contribution < 1.29 is 4.39 Å². The number of imidazole rings is 1. The van der Waals surface area contributed by atoms with Gasteiger partial charge in [-0.3, -0.25) is 9.36 Å². The van der Waals surface area contributed by atoms with Crippen molar-refractivity contribution in [3.8, 4) is 0 Å². The molecule has 0 bridgehead atoms. The first-order valence-electron chi connectivity index (χ1n) is 10.0. The van der Waals surface area contributed by atoms with Gasteiger partial charge in [0.2, 0.25) is 0 Å². The average molecular weight is 381 g/mol. The van der Waals surface area contributed by atoms with Crippen molar-refractivity contribution in [1.29, 1.82) is 0 Å². The zero-order valence-corrected chi connectivity index (χ0v) is 16.0. The van der Waals surface area contributed by atoms with Gasteiger partial charge in [-0.25, -0.2) is 14.4 Å². The number of piperidine rings is 1. The van der Waals surface area contributed by atoms with Crippen LogP contribution in [-0.2, 0) is 13.0 Å². The number of nitrogens with zero attached hydrogens (tertiary/aromatic N) is 4. The second-order valence-electron chi connectivity index (χ2n) is 8.02. The fourth-order valence-corrected chi connectivity index (χ4v) is 4.67. The quantitative estimate of drug-likeness (QED) is 0.741. The molecule has 2 aliphatic rings. The second kappa shape index (κ2) is 6.81. The van der Waals surface area contributed by atoms with Crippen LogP contribution in [0.4, 0.5) is 4.39 Å². The normalized spacial score (nSPS) is 20.4. The van der Waals surface area contributed by atoms with E-state index in [9.17, 15) is 4.79 Å². The Hall–Kier alpha value is -2.54. The van der Waals surface area contributed by atoms with Crippen LogP contribution in [0.5, 0.6) is 0 Å². The van der Waals surface area contributed by atoms with Crippen LogP contribution in [0.25, 0.3) is 10.9 Å². The van der Waals surface area contributed by atoms with Crippen molar-refractivity contribution in [3.63, 3.8) is 0 Å². The second-order valence-corrected chi connectivity index (χ2v) is 8.02. The minimum Gasteiger partial charge on any atom is -0.334 e. The molecule has 7 heteroatoms. The highest BCUT2D eigenvalue weighted by molar-refractivity contribution is 5.79. The molecular formula is C21H24FN5O. The maximum atomic E-state index is 15.0. The Morgan fingerprint density at radius 2 is 2.04 bits per heavy atom. The molecule has 3 aromatic rings. The van der Waals surface area contributed by atoms with E-state index in [0.717, 1.165) is 62.4 Å². The van der Waals surface area contributed by atoms with E-state index >= 15 is 4.39 Å². The molecule has 5 rings (SSSR count). The third kappa shape index (κ3) is 2.94. The van der Waals surface area contributed by atoms with Crippen molar-refractivity contribution >= 4 is 10.9 Å². The molecule has 2 aromatic heterocycles. The molecule has 1 N–H and O–H groups in total. The minimum absolute atomic E-state index is 0.0889. The van der Waals surface area contributed by atoms with Gasteiger partial charge in [0.1, 0.15) is 17.0 Å². The first-order chi connectivity index (χ1) is 13.6. The van der Waals surface area contributed by atoms with Gasteiger partial charge in [0.25, 0.3) is 5.56 Å². The molecule has 0 aliphatic carbocycles. The van der Waals surface area contributed by atoms with Crippen molar-refractivity contribution in [2.75, 3.05) is 13.1 Å².